The van der Waals surface area contributed by atoms with Crippen LogP contribution in [0.2, 0.25) is 0 Å². The minimum Gasteiger partial charge on any atom is -0.339 e. The molecule has 1 N–H and O–H groups in total. The van der Waals surface area contributed by atoms with Gasteiger partial charge >= 0.3 is 0 Å². The Hall–Kier alpha value is -3.03. The molecule has 4 rings (SSSR count). The van der Waals surface area contributed by atoms with Crippen molar-refractivity contribution in [2.75, 3.05) is 16.8 Å². The predicted octanol–water partition coefficient (Wildman–Crippen LogP) is 1.70. The molecule has 0 saturated carbocycles. The highest BCUT2D eigenvalue weighted by Crippen LogP contribution is 2.28. The molecule has 1 saturated heterocycles. The van der Waals surface area contributed by atoms with Crippen LogP contribution in [-0.4, -0.2) is 37.7 Å². The van der Waals surface area contributed by atoms with Crippen molar-refractivity contribution in [2.24, 2.45) is 0 Å². The molecule has 0 unspecified atom stereocenters. The van der Waals surface area contributed by atoms with Crippen LogP contribution < -0.4 is 10.2 Å². The molecular formula is C15H15N7O. The second kappa shape index (κ2) is 5.31. The quantitative estimate of drug-likeness (QED) is 0.792. The van der Waals surface area contributed by atoms with Crippen LogP contribution in [0, 0.1) is 6.92 Å². The number of amides is 1. The zero-order valence-electron chi connectivity index (χ0n) is 12.6. The molecule has 1 aliphatic rings. The van der Waals surface area contributed by atoms with E-state index in [2.05, 4.69) is 25.9 Å². The third-order valence-electron chi connectivity index (χ3n) is 3.90. The molecule has 3 heterocycles. The van der Waals surface area contributed by atoms with E-state index in [1.807, 2.05) is 36.1 Å². The second-order valence-electron chi connectivity index (χ2n) is 5.52. The van der Waals surface area contributed by atoms with Crippen molar-refractivity contribution in [2.45, 2.75) is 19.8 Å². The van der Waals surface area contributed by atoms with Gasteiger partial charge in [-0.05, 0) is 59.7 Å². The molecule has 3 aromatic rings. The maximum atomic E-state index is 11.9. The van der Waals surface area contributed by atoms with E-state index in [4.69, 9.17) is 0 Å². The van der Waals surface area contributed by atoms with Crippen LogP contribution in [0.25, 0.3) is 5.65 Å². The van der Waals surface area contributed by atoms with E-state index in [-0.39, 0.29) is 5.91 Å². The van der Waals surface area contributed by atoms with Gasteiger partial charge in [0.25, 0.3) is 0 Å². The maximum absolute atomic E-state index is 11.9. The first-order valence-corrected chi connectivity index (χ1v) is 7.44. The van der Waals surface area contributed by atoms with Gasteiger partial charge < -0.3 is 10.2 Å². The zero-order chi connectivity index (χ0) is 15.8. The van der Waals surface area contributed by atoms with E-state index in [0.29, 0.717) is 17.9 Å². The number of anilines is 3. The van der Waals surface area contributed by atoms with Crippen molar-refractivity contribution in [1.29, 1.82) is 0 Å². The summed E-state index contributed by atoms with van der Waals surface area (Å²) in [5.41, 5.74) is 3.52. The third-order valence-corrected chi connectivity index (χ3v) is 3.90. The molecule has 1 amide bonds. The van der Waals surface area contributed by atoms with Gasteiger partial charge in [0, 0.05) is 24.3 Å². The molecule has 0 atom stereocenters. The van der Waals surface area contributed by atoms with E-state index in [1.165, 1.54) is 4.63 Å². The normalized spacial score (nSPS) is 14.7. The van der Waals surface area contributed by atoms with Gasteiger partial charge in [0.2, 0.25) is 5.91 Å². The van der Waals surface area contributed by atoms with Crippen molar-refractivity contribution in [3.8, 4) is 0 Å². The molecule has 116 valence electrons. The Morgan fingerprint density at radius 3 is 2.91 bits per heavy atom. The SMILES string of the molecule is Cc1cc(Nc2ccc3nnnn3n2)ccc1N1CCCC1=O. The average Bonchev–Trinajstić information content (AvgIpc) is 3.16. The van der Waals surface area contributed by atoms with Crippen LogP contribution in [0.15, 0.2) is 30.3 Å². The minimum absolute atomic E-state index is 0.194. The average molecular weight is 309 g/mol. The zero-order valence-corrected chi connectivity index (χ0v) is 12.6. The van der Waals surface area contributed by atoms with Crippen LogP contribution in [0.3, 0.4) is 0 Å². The number of tetrazole rings is 1. The molecule has 8 nitrogen and oxygen atoms in total. The monoisotopic (exact) mass is 309 g/mol. The van der Waals surface area contributed by atoms with E-state index in [9.17, 15) is 4.79 Å². The Morgan fingerprint density at radius 2 is 2.13 bits per heavy atom. The first-order valence-electron chi connectivity index (χ1n) is 7.44. The fraction of sp³-hybridized carbons (Fsp3) is 0.267. The molecular weight excluding hydrogens is 294 g/mol. The lowest BCUT2D eigenvalue weighted by Gasteiger charge is -2.19. The molecule has 0 bridgehead atoms. The Bertz CT molecular complexity index is 888. The summed E-state index contributed by atoms with van der Waals surface area (Å²) in [6.07, 6.45) is 1.56. The van der Waals surface area contributed by atoms with Crippen LogP contribution in [-0.2, 0) is 4.79 Å². The topological polar surface area (TPSA) is 88.3 Å². The molecule has 0 aliphatic carbocycles. The number of carbonyl (C=O) groups excluding carboxylic acids is 1. The van der Waals surface area contributed by atoms with E-state index >= 15 is 0 Å². The Morgan fingerprint density at radius 1 is 1.22 bits per heavy atom. The Balaban J connectivity index is 1.59. The van der Waals surface area contributed by atoms with Crippen molar-refractivity contribution in [3.05, 3.63) is 35.9 Å². The van der Waals surface area contributed by atoms with Crippen molar-refractivity contribution in [3.63, 3.8) is 0 Å². The van der Waals surface area contributed by atoms with Gasteiger partial charge in [0.1, 0.15) is 0 Å². The minimum atomic E-state index is 0.194. The number of aryl methyl sites for hydroxylation is 1. The fourth-order valence-electron chi connectivity index (χ4n) is 2.80. The predicted molar refractivity (Wildman–Crippen MR) is 84.6 cm³/mol. The van der Waals surface area contributed by atoms with Crippen molar-refractivity contribution >= 4 is 28.7 Å². The standard InChI is InChI=1S/C15H15N7O/c1-10-9-11(4-5-12(10)21-8-2-3-15(21)23)16-13-6-7-14-17-19-20-22(14)18-13/h4-7,9H,2-3,8H2,1H3,(H,16,18). The fourth-order valence-corrected chi connectivity index (χ4v) is 2.80. The molecule has 0 radical (unpaired) electrons. The van der Waals surface area contributed by atoms with Crippen LogP contribution in [0.5, 0.6) is 0 Å². The Kier molecular flexibility index (Phi) is 3.14. The number of nitrogens with zero attached hydrogens (tertiary/aromatic N) is 6. The number of benzene rings is 1. The first-order chi connectivity index (χ1) is 11.2. The van der Waals surface area contributed by atoms with Crippen molar-refractivity contribution in [1.82, 2.24) is 25.3 Å². The first kappa shape index (κ1) is 13.6. The summed E-state index contributed by atoms with van der Waals surface area (Å²) in [5.74, 6) is 0.841. The summed E-state index contributed by atoms with van der Waals surface area (Å²) < 4.78 is 1.37. The lowest BCUT2D eigenvalue weighted by atomic mass is 10.1. The summed E-state index contributed by atoms with van der Waals surface area (Å²) in [5, 5.41) is 18.7. The van der Waals surface area contributed by atoms with Crippen LogP contribution >= 0.6 is 0 Å². The number of hydrogen-bond donors (Lipinski definition) is 1. The highest BCUT2D eigenvalue weighted by molar-refractivity contribution is 5.96. The van der Waals surface area contributed by atoms with Gasteiger partial charge in [0.15, 0.2) is 11.5 Å². The molecule has 1 fully saturated rings. The number of aromatic nitrogens is 5. The highest BCUT2D eigenvalue weighted by Gasteiger charge is 2.22. The number of nitrogens with one attached hydrogen (secondary N) is 1. The van der Waals surface area contributed by atoms with Gasteiger partial charge in [-0.1, -0.05) is 0 Å². The summed E-state index contributed by atoms with van der Waals surface area (Å²) in [7, 11) is 0. The smallest absolute Gasteiger partial charge is 0.227 e. The Labute approximate surface area is 132 Å². The van der Waals surface area contributed by atoms with Gasteiger partial charge in [0.05, 0.1) is 0 Å². The second-order valence-corrected chi connectivity index (χ2v) is 5.52. The number of rotatable bonds is 3. The number of hydrogen-bond acceptors (Lipinski definition) is 6. The summed E-state index contributed by atoms with van der Waals surface area (Å²) in [6.45, 7) is 2.80. The lowest BCUT2D eigenvalue weighted by Crippen LogP contribution is -2.24. The third kappa shape index (κ3) is 2.48. The largest absolute Gasteiger partial charge is 0.339 e. The molecule has 23 heavy (non-hydrogen) atoms. The van der Waals surface area contributed by atoms with E-state index < -0.39 is 0 Å². The van der Waals surface area contributed by atoms with Crippen LogP contribution in [0.4, 0.5) is 17.2 Å². The molecule has 8 heteroatoms. The maximum Gasteiger partial charge on any atom is 0.227 e. The number of carbonyl (C=O) groups is 1. The van der Waals surface area contributed by atoms with Gasteiger partial charge in [-0.2, -0.15) is 0 Å². The summed E-state index contributed by atoms with van der Waals surface area (Å²) in [6, 6.07) is 9.53. The molecule has 2 aromatic heterocycles. The van der Waals surface area contributed by atoms with E-state index in [0.717, 1.165) is 29.9 Å². The molecule has 1 aromatic carbocycles. The van der Waals surface area contributed by atoms with E-state index in [1.54, 1.807) is 6.07 Å². The number of fused-ring (bicyclic) bond motifs is 1. The van der Waals surface area contributed by atoms with Gasteiger partial charge in [-0.25, -0.2) is 0 Å². The molecule has 1 aliphatic heterocycles. The molecule has 0 spiro atoms. The summed E-state index contributed by atoms with van der Waals surface area (Å²) >= 11 is 0. The highest BCUT2D eigenvalue weighted by atomic mass is 16.2. The van der Waals surface area contributed by atoms with Gasteiger partial charge in [-0.15, -0.1) is 14.8 Å². The summed E-state index contributed by atoms with van der Waals surface area (Å²) in [4.78, 5) is 13.7. The lowest BCUT2D eigenvalue weighted by molar-refractivity contribution is -0.117. The van der Waals surface area contributed by atoms with Crippen LogP contribution in [0.1, 0.15) is 18.4 Å². The van der Waals surface area contributed by atoms with Gasteiger partial charge in [-0.3, -0.25) is 4.79 Å². The van der Waals surface area contributed by atoms with Crippen molar-refractivity contribution < 1.29 is 4.79 Å².